The summed E-state index contributed by atoms with van der Waals surface area (Å²) in [5, 5.41) is -0.444. The van der Waals surface area contributed by atoms with Crippen LogP contribution in [-0.2, 0) is 0 Å². The Morgan fingerprint density at radius 3 is 2.31 bits per heavy atom. The molecule has 0 heterocycles. The van der Waals surface area contributed by atoms with E-state index in [0.29, 0.717) is 5.56 Å². The standard InChI is InChI=1S/C13H8BrClO/c14-12-8-10(13(15)16)6-7-11(12)9-4-2-1-3-5-9/h1-8H. The van der Waals surface area contributed by atoms with Crippen LogP contribution < -0.4 is 0 Å². The minimum atomic E-state index is -0.444. The van der Waals surface area contributed by atoms with Crippen LogP contribution in [0.25, 0.3) is 11.1 Å². The van der Waals surface area contributed by atoms with Crippen molar-refractivity contribution < 1.29 is 4.79 Å². The molecule has 0 unspecified atom stereocenters. The number of halogens is 2. The van der Waals surface area contributed by atoms with Crippen molar-refractivity contribution in [1.29, 1.82) is 0 Å². The van der Waals surface area contributed by atoms with E-state index < -0.39 is 5.24 Å². The fraction of sp³-hybridized carbons (Fsp3) is 0. The van der Waals surface area contributed by atoms with Crippen LogP contribution >= 0.6 is 27.5 Å². The molecule has 0 aliphatic heterocycles. The Bertz CT molecular complexity index is 523. The molecule has 0 atom stereocenters. The average Bonchev–Trinajstić information content (AvgIpc) is 2.30. The molecular formula is C13H8BrClO. The summed E-state index contributed by atoms with van der Waals surface area (Å²) in [6.45, 7) is 0. The number of carbonyl (C=O) groups is 1. The van der Waals surface area contributed by atoms with E-state index >= 15 is 0 Å². The molecule has 0 amide bonds. The van der Waals surface area contributed by atoms with Gasteiger partial charge in [-0.2, -0.15) is 0 Å². The molecule has 0 fully saturated rings. The lowest BCUT2D eigenvalue weighted by molar-refractivity contribution is 0.108. The number of benzene rings is 2. The third-order valence-electron chi connectivity index (χ3n) is 2.28. The van der Waals surface area contributed by atoms with E-state index in [1.165, 1.54) is 0 Å². The summed E-state index contributed by atoms with van der Waals surface area (Å²) in [6.07, 6.45) is 0. The van der Waals surface area contributed by atoms with E-state index in [4.69, 9.17) is 11.6 Å². The second-order valence-electron chi connectivity index (χ2n) is 3.33. The van der Waals surface area contributed by atoms with Crippen LogP contribution in [0.1, 0.15) is 10.4 Å². The maximum Gasteiger partial charge on any atom is 0.252 e. The fourth-order valence-corrected chi connectivity index (χ4v) is 2.21. The van der Waals surface area contributed by atoms with Crippen molar-refractivity contribution in [2.45, 2.75) is 0 Å². The van der Waals surface area contributed by atoms with Gasteiger partial charge in [0.05, 0.1) is 0 Å². The van der Waals surface area contributed by atoms with E-state index in [0.717, 1.165) is 15.6 Å². The van der Waals surface area contributed by atoms with Gasteiger partial charge in [0.15, 0.2) is 0 Å². The van der Waals surface area contributed by atoms with Gasteiger partial charge in [-0.05, 0) is 34.9 Å². The topological polar surface area (TPSA) is 17.1 Å². The second-order valence-corrected chi connectivity index (χ2v) is 4.53. The summed E-state index contributed by atoms with van der Waals surface area (Å²) < 4.78 is 0.866. The Hall–Kier alpha value is -1.12. The number of carbonyl (C=O) groups excluding carboxylic acids is 1. The van der Waals surface area contributed by atoms with Crippen LogP contribution in [0.5, 0.6) is 0 Å². The molecule has 0 N–H and O–H groups in total. The molecule has 0 saturated heterocycles. The Morgan fingerprint density at radius 2 is 1.75 bits per heavy atom. The zero-order valence-corrected chi connectivity index (χ0v) is 10.6. The van der Waals surface area contributed by atoms with Crippen molar-refractivity contribution in [3.05, 3.63) is 58.6 Å². The molecule has 0 bridgehead atoms. The fourth-order valence-electron chi connectivity index (χ4n) is 1.49. The minimum absolute atomic E-state index is 0.444. The summed E-state index contributed by atoms with van der Waals surface area (Å²) in [7, 11) is 0. The lowest BCUT2D eigenvalue weighted by Gasteiger charge is -2.05. The van der Waals surface area contributed by atoms with E-state index in [-0.39, 0.29) is 0 Å². The van der Waals surface area contributed by atoms with Crippen LogP contribution in [-0.4, -0.2) is 5.24 Å². The molecule has 1 nitrogen and oxygen atoms in total. The van der Waals surface area contributed by atoms with Crippen LogP contribution in [0.2, 0.25) is 0 Å². The Labute approximate surface area is 107 Å². The molecule has 3 heteroatoms. The van der Waals surface area contributed by atoms with Crippen molar-refractivity contribution >= 4 is 32.8 Å². The van der Waals surface area contributed by atoms with Gasteiger partial charge in [0.1, 0.15) is 0 Å². The van der Waals surface area contributed by atoms with E-state index in [1.54, 1.807) is 12.1 Å². The van der Waals surface area contributed by atoms with Crippen molar-refractivity contribution in [1.82, 2.24) is 0 Å². The average molecular weight is 296 g/mol. The van der Waals surface area contributed by atoms with Crippen molar-refractivity contribution in [3.8, 4) is 11.1 Å². The van der Waals surface area contributed by atoms with Gasteiger partial charge in [-0.1, -0.05) is 52.3 Å². The van der Waals surface area contributed by atoms with Crippen LogP contribution in [0, 0.1) is 0 Å². The summed E-state index contributed by atoms with van der Waals surface area (Å²) in [4.78, 5) is 11.0. The van der Waals surface area contributed by atoms with Crippen molar-refractivity contribution in [2.75, 3.05) is 0 Å². The smallest absolute Gasteiger partial charge is 0.252 e. The maximum absolute atomic E-state index is 11.0. The highest BCUT2D eigenvalue weighted by molar-refractivity contribution is 9.10. The monoisotopic (exact) mass is 294 g/mol. The third-order valence-corrected chi connectivity index (χ3v) is 3.16. The van der Waals surface area contributed by atoms with Gasteiger partial charge in [0.2, 0.25) is 0 Å². The molecule has 0 saturated carbocycles. The molecule has 2 aromatic carbocycles. The van der Waals surface area contributed by atoms with Gasteiger partial charge in [-0.15, -0.1) is 0 Å². The predicted molar refractivity (Wildman–Crippen MR) is 69.8 cm³/mol. The first-order valence-electron chi connectivity index (χ1n) is 4.73. The molecule has 2 aromatic rings. The van der Waals surface area contributed by atoms with E-state index in [9.17, 15) is 4.79 Å². The normalized spacial score (nSPS) is 10.1. The predicted octanol–water partition coefficient (Wildman–Crippen LogP) is 4.50. The molecule has 0 spiro atoms. The van der Waals surface area contributed by atoms with Gasteiger partial charge in [-0.3, -0.25) is 4.79 Å². The van der Waals surface area contributed by atoms with E-state index in [2.05, 4.69) is 15.9 Å². The van der Waals surface area contributed by atoms with Crippen LogP contribution in [0.4, 0.5) is 0 Å². The number of rotatable bonds is 2. The maximum atomic E-state index is 11.0. The van der Waals surface area contributed by atoms with Gasteiger partial charge in [0.25, 0.3) is 5.24 Å². The highest BCUT2D eigenvalue weighted by atomic mass is 79.9. The first-order chi connectivity index (χ1) is 7.68. The molecule has 0 radical (unpaired) electrons. The van der Waals surface area contributed by atoms with Crippen molar-refractivity contribution in [2.24, 2.45) is 0 Å². The number of hydrogen-bond donors (Lipinski definition) is 0. The van der Waals surface area contributed by atoms with Crippen LogP contribution in [0.15, 0.2) is 53.0 Å². The largest absolute Gasteiger partial charge is 0.276 e. The zero-order valence-electron chi connectivity index (χ0n) is 8.28. The van der Waals surface area contributed by atoms with Crippen LogP contribution in [0.3, 0.4) is 0 Å². The molecule has 2 rings (SSSR count). The molecule has 0 aliphatic rings. The summed E-state index contributed by atoms with van der Waals surface area (Å²) >= 11 is 8.86. The lowest BCUT2D eigenvalue weighted by Crippen LogP contribution is -1.89. The van der Waals surface area contributed by atoms with Gasteiger partial charge in [-0.25, -0.2) is 0 Å². The van der Waals surface area contributed by atoms with Gasteiger partial charge >= 0.3 is 0 Å². The highest BCUT2D eigenvalue weighted by Crippen LogP contribution is 2.29. The SMILES string of the molecule is O=C(Cl)c1ccc(-c2ccccc2)c(Br)c1. The zero-order chi connectivity index (χ0) is 11.5. The Morgan fingerprint density at radius 1 is 1.06 bits per heavy atom. The molecule has 0 aliphatic carbocycles. The Balaban J connectivity index is 2.48. The lowest BCUT2D eigenvalue weighted by atomic mass is 10.0. The van der Waals surface area contributed by atoms with E-state index in [1.807, 2.05) is 36.4 Å². The molecule has 0 aromatic heterocycles. The first kappa shape index (κ1) is 11.4. The first-order valence-corrected chi connectivity index (χ1v) is 5.90. The van der Waals surface area contributed by atoms with Gasteiger partial charge in [0, 0.05) is 10.0 Å². The quantitative estimate of drug-likeness (QED) is 0.746. The second kappa shape index (κ2) is 4.81. The van der Waals surface area contributed by atoms with Gasteiger partial charge < -0.3 is 0 Å². The molecular weight excluding hydrogens is 287 g/mol. The molecule has 16 heavy (non-hydrogen) atoms. The number of hydrogen-bond acceptors (Lipinski definition) is 1. The minimum Gasteiger partial charge on any atom is -0.276 e. The summed E-state index contributed by atoms with van der Waals surface area (Å²) in [5.41, 5.74) is 2.64. The summed E-state index contributed by atoms with van der Waals surface area (Å²) in [6, 6.07) is 15.3. The highest BCUT2D eigenvalue weighted by Gasteiger charge is 2.07. The summed E-state index contributed by atoms with van der Waals surface area (Å²) in [5.74, 6) is 0. The Kier molecular flexibility index (Phi) is 3.42. The van der Waals surface area contributed by atoms with Crippen molar-refractivity contribution in [3.63, 3.8) is 0 Å². The third kappa shape index (κ3) is 2.34. The molecule has 80 valence electrons.